The van der Waals surface area contributed by atoms with Gasteiger partial charge < -0.3 is 0 Å². The fourth-order valence-electron chi connectivity index (χ4n) is 1.02. The molecule has 68 valence electrons. The minimum Gasteiger partial charge on any atom is -0.295 e. The van der Waals surface area contributed by atoms with Crippen LogP contribution >= 0.6 is 11.6 Å². The van der Waals surface area contributed by atoms with Gasteiger partial charge in [-0.15, -0.1) is 0 Å². The molecule has 0 amide bonds. The molecule has 0 unspecified atom stereocenters. The van der Waals surface area contributed by atoms with Crippen molar-refractivity contribution in [2.45, 2.75) is 13.3 Å². The molecule has 0 N–H and O–H groups in total. The Bertz CT molecular complexity index is 327. The highest BCUT2D eigenvalue weighted by Gasteiger charge is 2.01. The molecular weight excluding hydrogens is 188 g/mol. The average molecular weight is 197 g/mol. The first-order valence-electron chi connectivity index (χ1n) is 3.88. The summed E-state index contributed by atoms with van der Waals surface area (Å²) in [6.07, 6.45) is 0.208. The number of halogens is 1. The molecule has 0 radical (unpaired) electrons. The van der Waals surface area contributed by atoms with Crippen molar-refractivity contribution in [1.29, 1.82) is 0 Å². The Balaban J connectivity index is 2.81. The Morgan fingerprint density at radius 3 is 2.15 bits per heavy atom. The first-order valence-corrected chi connectivity index (χ1v) is 4.25. The summed E-state index contributed by atoms with van der Waals surface area (Å²) in [5.74, 6) is 0.0174. The molecular formula is C10H9ClO2. The van der Waals surface area contributed by atoms with E-state index in [9.17, 15) is 9.59 Å². The largest absolute Gasteiger partial charge is 0.295 e. The Labute approximate surface area is 81.5 Å². The number of carbonyl (C=O) groups is 2. The van der Waals surface area contributed by atoms with Gasteiger partial charge in [-0.1, -0.05) is 24.3 Å². The van der Waals surface area contributed by atoms with Crippen LogP contribution in [0.25, 0.3) is 0 Å². The molecule has 13 heavy (non-hydrogen) atoms. The van der Waals surface area contributed by atoms with Crippen LogP contribution < -0.4 is 0 Å². The number of carbonyl (C=O) groups excluding carboxylic acids is 2. The lowest BCUT2D eigenvalue weighted by atomic mass is 10.1. The lowest BCUT2D eigenvalue weighted by Gasteiger charge is -1.98. The molecule has 0 bridgehead atoms. The highest BCUT2D eigenvalue weighted by Crippen LogP contribution is 2.06. The maximum Gasteiger partial charge on any atom is 0.226 e. The topological polar surface area (TPSA) is 34.1 Å². The maximum absolute atomic E-state index is 10.9. The van der Waals surface area contributed by atoms with Gasteiger partial charge in [0.2, 0.25) is 5.24 Å². The van der Waals surface area contributed by atoms with Crippen molar-refractivity contribution >= 4 is 22.6 Å². The van der Waals surface area contributed by atoms with Crippen LogP contribution in [0, 0.1) is 0 Å². The van der Waals surface area contributed by atoms with Gasteiger partial charge in [0, 0.05) is 12.0 Å². The molecule has 0 atom stereocenters. The van der Waals surface area contributed by atoms with Crippen LogP contribution in [-0.4, -0.2) is 11.0 Å². The van der Waals surface area contributed by atoms with Crippen LogP contribution in [0.4, 0.5) is 0 Å². The number of rotatable bonds is 3. The van der Waals surface area contributed by atoms with Crippen molar-refractivity contribution in [1.82, 2.24) is 0 Å². The van der Waals surface area contributed by atoms with Crippen LogP contribution in [0.3, 0.4) is 0 Å². The molecule has 0 spiro atoms. The molecule has 1 aromatic rings. The van der Waals surface area contributed by atoms with Crippen molar-refractivity contribution < 1.29 is 9.59 Å². The zero-order valence-electron chi connectivity index (χ0n) is 7.21. The van der Waals surface area contributed by atoms with Gasteiger partial charge >= 0.3 is 0 Å². The van der Waals surface area contributed by atoms with E-state index in [1.165, 1.54) is 6.92 Å². The summed E-state index contributed by atoms with van der Waals surface area (Å²) in [5.41, 5.74) is 1.47. The van der Waals surface area contributed by atoms with Gasteiger partial charge in [-0.3, -0.25) is 9.59 Å². The fraction of sp³-hybridized carbons (Fsp3) is 0.200. The minimum atomic E-state index is -0.393. The number of hydrogen-bond acceptors (Lipinski definition) is 2. The second kappa shape index (κ2) is 4.19. The Hall–Kier alpha value is -1.15. The summed E-state index contributed by atoms with van der Waals surface area (Å²) < 4.78 is 0. The van der Waals surface area contributed by atoms with E-state index in [1.807, 2.05) is 0 Å². The van der Waals surface area contributed by atoms with E-state index in [4.69, 9.17) is 11.6 Å². The monoisotopic (exact) mass is 196 g/mol. The van der Waals surface area contributed by atoms with Gasteiger partial charge in [0.05, 0.1) is 0 Å². The molecule has 1 aromatic carbocycles. The number of Topliss-reactive ketones (excluding diaryl/α,β-unsaturated/α-hetero) is 1. The maximum atomic E-state index is 10.9. The molecule has 0 heterocycles. The predicted octanol–water partition coefficient (Wildman–Crippen LogP) is 2.20. The van der Waals surface area contributed by atoms with Gasteiger partial charge in [0.15, 0.2) is 5.78 Å². The molecule has 0 aliphatic carbocycles. The molecule has 0 saturated heterocycles. The highest BCUT2D eigenvalue weighted by molar-refractivity contribution is 6.63. The van der Waals surface area contributed by atoms with E-state index in [2.05, 4.69) is 0 Å². The van der Waals surface area contributed by atoms with Crippen LogP contribution in [0.5, 0.6) is 0 Å². The van der Waals surface area contributed by atoms with Crippen molar-refractivity contribution in [3.8, 4) is 0 Å². The lowest BCUT2D eigenvalue weighted by molar-refractivity contribution is -0.111. The van der Waals surface area contributed by atoms with Crippen molar-refractivity contribution in [2.75, 3.05) is 0 Å². The van der Waals surface area contributed by atoms with E-state index < -0.39 is 5.24 Å². The third-order valence-corrected chi connectivity index (χ3v) is 1.84. The van der Waals surface area contributed by atoms with Gasteiger partial charge in [0.25, 0.3) is 0 Å². The molecule has 0 aromatic heterocycles. The third-order valence-electron chi connectivity index (χ3n) is 1.70. The molecule has 3 heteroatoms. The van der Waals surface area contributed by atoms with Crippen molar-refractivity contribution in [2.24, 2.45) is 0 Å². The van der Waals surface area contributed by atoms with Crippen molar-refractivity contribution in [3.63, 3.8) is 0 Å². The third kappa shape index (κ3) is 2.99. The smallest absolute Gasteiger partial charge is 0.226 e. The normalized spacial score (nSPS) is 9.69. The quantitative estimate of drug-likeness (QED) is 0.549. The summed E-state index contributed by atoms with van der Waals surface area (Å²) in [6, 6.07) is 6.85. The van der Waals surface area contributed by atoms with Crippen molar-refractivity contribution in [3.05, 3.63) is 35.4 Å². The summed E-state index contributed by atoms with van der Waals surface area (Å²) in [5, 5.41) is -0.393. The van der Waals surface area contributed by atoms with E-state index >= 15 is 0 Å². The Morgan fingerprint density at radius 2 is 1.77 bits per heavy atom. The summed E-state index contributed by atoms with van der Waals surface area (Å²) in [7, 11) is 0. The Morgan fingerprint density at radius 1 is 1.23 bits per heavy atom. The van der Waals surface area contributed by atoms with E-state index in [0.717, 1.165) is 5.56 Å². The second-order valence-corrected chi connectivity index (χ2v) is 3.21. The standard InChI is InChI=1S/C10H9ClO2/c1-7(12)9-4-2-8(3-5-9)6-10(11)13/h2-5H,6H2,1H3. The SMILES string of the molecule is CC(=O)c1ccc(CC(=O)Cl)cc1. The lowest BCUT2D eigenvalue weighted by Crippen LogP contribution is -1.95. The second-order valence-electron chi connectivity index (χ2n) is 2.79. The first-order chi connectivity index (χ1) is 6.09. The molecule has 0 saturated carbocycles. The van der Waals surface area contributed by atoms with Crippen LogP contribution in [-0.2, 0) is 11.2 Å². The van der Waals surface area contributed by atoms with Crippen LogP contribution in [0.2, 0.25) is 0 Å². The van der Waals surface area contributed by atoms with E-state index in [0.29, 0.717) is 5.56 Å². The van der Waals surface area contributed by atoms with Crippen LogP contribution in [0.15, 0.2) is 24.3 Å². The van der Waals surface area contributed by atoms with Gasteiger partial charge in [-0.2, -0.15) is 0 Å². The molecule has 0 fully saturated rings. The number of hydrogen-bond donors (Lipinski definition) is 0. The average Bonchev–Trinajstić information content (AvgIpc) is 2.04. The molecule has 0 aliphatic rings. The zero-order valence-corrected chi connectivity index (χ0v) is 7.97. The number of ketones is 1. The molecule has 1 rings (SSSR count). The summed E-state index contributed by atoms with van der Waals surface area (Å²) in [4.78, 5) is 21.4. The predicted molar refractivity (Wildman–Crippen MR) is 51.0 cm³/mol. The summed E-state index contributed by atoms with van der Waals surface area (Å²) >= 11 is 5.21. The molecule has 0 aliphatic heterocycles. The van der Waals surface area contributed by atoms with Gasteiger partial charge in [0.1, 0.15) is 0 Å². The zero-order chi connectivity index (χ0) is 9.84. The van der Waals surface area contributed by atoms with E-state index in [-0.39, 0.29) is 12.2 Å². The summed E-state index contributed by atoms with van der Waals surface area (Å²) in [6.45, 7) is 1.50. The first kappa shape index (κ1) is 9.93. The minimum absolute atomic E-state index is 0.0174. The van der Waals surface area contributed by atoms with E-state index in [1.54, 1.807) is 24.3 Å². The highest BCUT2D eigenvalue weighted by atomic mass is 35.5. The van der Waals surface area contributed by atoms with Gasteiger partial charge in [-0.25, -0.2) is 0 Å². The van der Waals surface area contributed by atoms with Gasteiger partial charge in [-0.05, 0) is 24.1 Å². The number of benzene rings is 1. The van der Waals surface area contributed by atoms with Crippen LogP contribution in [0.1, 0.15) is 22.8 Å². The Kier molecular flexibility index (Phi) is 3.20. The fourth-order valence-corrected chi connectivity index (χ4v) is 1.17. The molecule has 2 nitrogen and oxygen atoms in total.